The first kappa shape index (κ1) is 19.8. The summed E-state index contributed by atoms with van der Waals surface area (Å²) >= 11 is 0. The molecule has 1 atom stereocenters. The minimum Gasteiger partial charge on any atom is -0.394 e. The second-order valence-electron chi connectivity index (χ2n) is 5.89. The van der Waals surface area contributed by atoms with Gasteiger partial charge in [0.25, 0.3) is 0 Å². The molecule has 2 N–H and O–H groups in total. The molecule has 0 bridgehead atoms. The highest BCUT2D eigenvalue weighted by atomic mass is 16.3. The number of hydrogen-bond donors (Lipinski definition) is 2. The summed E-state index contributed by atoms with van der Waals surface area (Å²) in [6, 6.07) is 0. The molecule has 0 amide bonds. The van der Waals surface area contributed by atoms with Crippen molar-refractivity contribution in [1.29, 1.82) is 0 Å². The fraction of sp³-hybridized carbons (Fsp3) is 1.00. The Hall–Kier alpha value is -0.160. The number of nitrogens with zero attached hydrogens (tertiary/aromatic N) is 2. The summed E-state index contributed by atoms with van der Waals surface area (Å²) in [5.74, 6) is 0. The molecule has 0 spiro atoms. The van der Waals surface area contributed by atoms with Crippen LogP contribution in [0.2, 0.25) is 0 Å². The van der Waals surface area contributed by atoms with Crippen molar-refractivity contribution in [2.75, 3.05) is 52.4 Å². The third-order valence-corrected chi connectivity index (χ3v) is 4.01. The molecule has 0 aromatic heterocycles. The molecule has 4 nitrogen and oxygen atoms in total. The van der Waals surface area contributed by atoms with E-state index in [4.69, 9.17) is 0 Å². The van der Waals surface area contributed by atoms with Crippen LogP contribution >= 0.6 is 0 Å². The molecule has 1 unspecified atom stereocenters. The van der Waals surface area contributed by atoms with Crippen LogP contribution < -0.4 is 5.32 Å². The Bertz CT molecular complexity index is 222. The molecule has 0 saturated carbocycles. The third kappa shape index (κ3) is 8.20. The zero-order valence-electron chi connectivity index (χ0n) is 14.4. The zero-order valence-corrected chi connectivity index (χ0v) is 14.4. The number of rotatable bonds is 13. The van der Waals surface area contributed by atoms with Gasteiger partial charge in [0.2, 0.25) is 0 Å². The lowest BCUT2D eigenvalue weighted by Crippen LogP contribution is -2.54. The topological polar surface area (TPSA) is 38.7 Å². The summed E-state index contributed by atoms with van der Waals surface area (Å²) in [6.07, 6.45) is 2.30. The van der Waals surface area contributed by atoms with Gasteiger partial charge in [0, 0.05) is 6.54 Å². The Kier molecular flexibility index (Phi) is 11.4. The Morgan fingerprint density at radius 3 is 1.95 bits per heavy atom. The van der Waals surface area contributed by atoms with Crippen LogP contribution in [0.1, 0.15) is 47.5 Å². The number of hydrogen-bond acceptors (Lipinski definition) is 4. The van der Waals surface area contributed by atoms with Crippen molar-refractivity contribution in [3.63, 3.8) is 0 Å². The van der Waals surface area contributed by atoms with Gasteiger partial charge >= 0.3 is 0 Å². The molecule has 0 saturated heterocycles. The highest BCUT2D eigenvalue weighted by Gasteiger charge is 2.24. The van der Waals surface area contributed by atoms with E-state index in [1.807, 2.05) is 0 Å². The molecule has 0 heterocycles. The van der Waals surface area contributed by atoms with E-state index in [0.29, 0.717) is 0 Å². The van der Waals surface area contributed by atoms with Crippen molar-refractivity contribution in [3.05, 3.63) is 0 Å². The van der Waals surface area contributed by atoms with Crippen molar-refractivity contribution in [2.24, 2.45) is 0 Å². The molecular formula is C16H37N3O. The first-order valence-electron chi connectivity index (χ1n) is 8.35. The lowest BCUT2D eigenvalue weighted by molar-refractivity contribution is 0.119. The van der Waals surface area contributed by atoms with Crippen LogP contribution in [0.25, 0.3) is 0 Å². The van der Waals surface area contributed by atoms with Gasteiger partial charge in [-0.05, 0) is 59.0 Å². The minimum atomic E-state index is -0.179. The van der Waals surface area contributed by atoms with E-state index in [2.05, 4.69) is 49.7 Å². The van der Waals surface area contributed by atoms with Crippen molar-refractivity contribution < 1.29 is 5.11 Å². The fourth-order valence-electron chi connectivity index (χ4n) is 2.49. The molecule has 0 rings (SSSR count). The van der Waals surface area contributed by atoms with E-state index < -0.39 is 0 Å². The summed E-state index contributed by atoms with van der Waals surface area (Å²) in [5.41, 5.74) is -0.179. The second-order valence-corrected chi connectivity index (χ2v) is 5.89. The van der Waals surface area contributed by atoms with Gasteiger partial charge in [-0.15, -0.1) is 0 Å². The maximum Gasteiger partial charge on any atom is 0.0623 e. The SMILES string of the molecule is CCCNC(C)(CO)CN(CC)CCCN(CC)CC. The number of likely N-dealkylation sites (N-methyl/N-ethyl adjacent to an activating group) is 1. The van der Waals surface area contributed by atoms with Crippen molar-refractivity contribution >= 4 is 0 Å². The summed E-state index contributed by atoms with van der Waals surface area (Å²) in [4.78, 5) is 4.91. The molecule has 20 heavy (non-hydrogen) atoms. The van der Waals surface area contributed by atoms with Crippen LogP contribution in [0.5, 0.6) is 0 Å². The van der Waals surface area contributed by atoms with Crippen molar-refractivity contribution in [2.45, 2.75) is 53.0 Å². The Morgan fingerprint density at radius 2 is 1.50 bits per heavy atom. The van der Waals surface area contributed by atoms with Gasteiger partial charge in [-0.25, -0.2) is 0 Å². The number of aliphatic hydroxyl groups excluding tert-OH is 1. The van der Waals surface area contributed by atoms with E-state index in [1.54, 1.807) is 0 Å². The monoisotopic (exact) mass is 287 g/mol. The largest absolute Gasteiger partial charge is 0.394 e. The van der Waals surface area contributed by atoms with Crippen molar-refractivity contribution in [3.8, 4) is 0 Å². The van der Waals surface area contributed by atoms with Crippen LogP contribution in [0.15, 0.2) is 0 Å². The predicted molar refractivity (Wildman–Crippen MR) is 88.3 cm³/mol. The zero-order chi connectivity index (χ0) is 15.4. The van der Waals surface area contributed by atoms with Crippen LogP contribution in [0.3, 0.4) is 0 Å². The number of nitrogens with one attached hydrogen (secondary N) is 1. The molecule has 0 aromatic rings. The lowest BCUT2D eigenvalue weighted by Gasteiger charge is -2.35. The fourth-order valence-corrected chi connectivity index (χ4v) is 2.49. The number of aliphatic hydroxyl groups is 1. The normalized spacial score (nSPS) is 15.0. The van der Waals surface area contributed by atoms with Gasteiger partial charge in [-0.3, -0.25) is 0 Å². The molecule has 0 aliphatic rings. The Labute approximate surface area is 126 Å². The van der Waals surface area contributed by atoms with Crippen LogP contribution in [0.4, 0.5) is 0 Å². The summed E-state index contributed by atoms with van der Waals surface area (Å²) in [7, 11) is 0. The molecule has 122 valence electrons. The smallest absolute Gasteiger partial charge is 0.0623 e. The van der Waals surface area contributed by atoms with E-state index in [0.717, 1.165) is 45.7 Å². The second kappa shape index (κ2) is 11.5. The Balaban J connectivity index is 4.17. The van der Waals surface area contributed by atoms with Gasteiger partial charge in [0.1, 0.15) is 0 Å². The molecule has 0 radical (unpaired) electrons. The summed E-state index contributed by atoms with van der Waals surface area (Å²) in [5, 5.41) is 13.1. The predicted octanol–water partition coefficient (Wildman–Crippen LogP) is 1.79. The van der Waals surface area contributed by atoms with Gasteiger partial charge in [-0.1, -0.05) is 27.7 Å². The highest BCUT2D eigenvalue weighted by Crippen LogP contribution is 2.07. The standard InChI is InChI=1S/C16H37N3O/c1-6-11-17-16(5,15-20)14-19(9-4)13-10-12-18(7-2)8-3/h17,20H,6-15H2,1-5H3. The maximum absolute atomic E-state index is 9.65. The van der Waals surface area contributed by atoms with E-state index >= 15 is 0 Å². The van der Waals surface area contributed by atoms with E-state index in [-0.39, 0.29) is 12.1 Å². The van der Waals surface area contributed by atoms with Gasteiger partial charge in [-0.2, -0.15) is 0 Å². The molecule has 0 aliphatic carbocycles. The molecule has 4 heteroatoms. The van der Waals surface area contributed by atoms with Crippen LogP contribution in [0, 0.1) is 0 Å². The summed E-state index contributed by atoms with van der Waals surface area (Å²) < 4.78 is 0. The third-order valence-electron chi connectivity index (χ3n) is 4.01. The van der Waals surface area contributed by atoms with Crippen molar-refractivity contribution in [1.82, 2.24) is 15.1 Å². The van der Waals surface area contributed by atoms with Gasteiger partial charge < -0.3 is 20.2 Å². The van der Waals surface area contributed by atoms with Crippen LogP contribution in [-0.2, 0) is 0 Å². The van der Waals surface area contributed by atoms with Gasteiger partial charge in [0.05, 0.1) is 12.1 Å². The first-order valence-corrected chi connectivity index (χ1v) is 8.35. The highest BCUT2D eigenvalue weighted by molar-refractivity contribution is 4.85. The van der Waals surface area contributed by atoms with E-state index in [1.165, 1.54) is 13.0 Å². The molecule has 0 aliphatic heterocycles. The average Bonchev–Trinajstić information content (AvgIpc) is 2.48. The molecule has 0 fully saturated rings. The quantitative estimate of drug-likeness (QED) is 0.542. The van der Waals surface area contributed by atoms with Gasteiger partial charge in [0.15, 0.2) is 0 Å². The molecule has 0 aromatic carbocycles. The lowest BCUT2D eigenvalue weighted by atomic mass is 10.0. The average molecular weight is 287 g/mol. The molecular weight excluding hydrogens is 250 g/mol. The maximum atomic E-state index is 9.65. The van der Waals surface area contributed by atoms with E-state index in [9.17, 15) is 5.11 Å². The Morgan fingerprint density at radius 1 is 0.950 bits per heavy atom. The summed E-state index contributed by atoms with van der Waals surface area (Å²) in [6.45, 7) is 18.6. The first-order chi connectivity index (χ1) is 9.55. The minimum absolute atomic E-state index is 0.179. The van der Waals surface area contributed by atoms with Crippen LogP contribution in [-0.4, -0.2) is 72.9 Å².